The molecule has 0 heterocycles. The Balaban J connectivity index is 1.99. The van der Waals surface area contributed by atoms with E-state index in [1.165, 1.54) is 49.7 Å². The van der Waals surface area contributed by atoms with Crippen molar-refractivity contribution in [2.75, 3.05) is 0 Å². The van der Waals surface area contributed by atoms with Crippen LogP contribution in [0.3, 0.4) is 0 Å². The molecule has 0 radical (unpaired) electrons. The van der Waals surface area contributed by atoms with Crippen LogP contribution in [0.2, 0.25) is 0 Å². The third-order valence-corrected chi connectivity index (χ3v) is 5.28. The molecule has 1 aliphatic carbocycles. The Hall–Kier alpha value is -0.300. The molecule has 0 aliphatic heterocycles. The summed E-state index contributed by atoms with van der Waals surface area (Å²) in [6.07, 6.45) is 8.24. The number of alkyl halides is 1. The molecule has 0 amide bonds. The minimum absolute atomic E-state index is 0.561. The fourth-order valence-corrected chi connectivity index (χ4v) is 3.84. The Morgan fingerprint density at radius 1 is 1.06 bits per heavy atom. The van der Waals surface area contributed by atoms with E-state index < -0.39 is 0 Å². The van der Waals surface area contributed by atoms with Crippen molar-refractivity contribution in [3.63, 3.8) is 0 Å². The second-order valence-corrected chi connectivity index (χ2v) is 7.13. The smallest absolute Gasteiger partial charge is 0.0423 e. The van der Waals surface area contributed by atoms with Crippen molar-refractivity contribution in [2.24, 2.45) is 11.8 Å². The van der Waals surface area contributed by atoms with Crippen LogP contribution < -0.4 is 0 Å². The first kappa shape index (κ1) is 14.1. The van der Waals surface area contributed by atoms with Crippen molar-refractivity contribution in [2.45, 2.75) is 57.2 Å². The first-order valence-corrected chi connectivity index (χ1v) is 8.31. The molecule has 0 N–H and O–H groups in total. The average Bonchev–Trinajstić information content (AvgIpc) is 2.39. The average molecular weight is 309 g/mol. The molecule has 0 bridgehead atoms. The van der Waals surface area contributed by atoms with Crippen LogP contribution in [0.25, 0.3) is 0 Å². The van der Waals surface area contributed by atoms with Crippen LogP contribution in [-0.4, -0.2) is 0 Å². The summed E-state index contributed by atoms with van der Waals surface area (Å²) in [5.41, 5.74) is 2.94. The minimum atomic E-state index is 0.561. The van der Waals surface area contributed by atoms with Gasteiger partial charge in [-0.2, -0.15) is 0 Å². The molecule has 1 aliphatic rings. The molecule has 0 nitrogen and oxygen atoms in total. The van der Waals surface area contributed by atoms with Gasteiger partial charge in [-0.3, -0.25) is 0 Å². The van der Waals surface area contributed by atoms with Gasteiger partial charge in [0.15, 0.2) is 0 Å². The fourth-order valence-electron chi connectivity index (χ4n) is 3.01. The second-order valence-electron chi connectivity index (χ2n) is 6.14. The number of hydrogen-bond donors (Lipinski definition) is 0. The van der Waals surface area contributed by atoms with Gasteiger partial charge in [-0.15, -0.1) is 0 Å². The molecule has 0 spiro atoms. The lowest BCUT2D eigenvalue weighted by molar-refractivity contribution is 0.354. The number of benzene rings is 1. The molecule has 18 heavy (non-hydrogen) atoms. The van der Waals surface area contributed by atoms with Gasteiger partial charge in [0.2, 0.25) is 0 Å². The van der Waals surface area contributed by atoms with Crippen molar-refractivity contribution in [3.8, 4) is 0 Å². The van der Waals surface area contributed by atoms with E-state index in [9.17, 15) is 0 Å². The van der Waals surface area contributed by atoms with Gasteiger partial charge < -0.3 is 0 Å². The largest absolute Gasteiger partial charge is 0.0836 e. The molecule has 1 unspecified atom stereocenters. The highest BCUT2D eigenvalue weighted by molar-refractivity contribution is 9.09. The van der Waals surface area contributed by atoms with E-state index in [2.05, 4.69) is 54.0 Å². The zero-order valence-electron chi connectivity index (χ0n) is 11.7. The third-order valence-electron chi connectivity index (χ3n) is 4.01. The minimum Gasteiger partial charge on any atom is -0.0836 e. The summed E-state index contributed by atoms with van der Waals surface area (Å²) < 4.78 is 0. The number of hydrogen-bond acceptors (Lipinski definition) is 0. The van der Waals surface area contributed by atoms with Gasteiger partial charge >= 0.3 is 0 Å². The van der Waals surface area contributed by atoms with Gasteiger partial charge in [0.1, 0.15) is 0 Å². The van der Waals surface area contributed by atoms with E-state index >= 15 is 0 Å². The van der Waals surface area contributed by atoms with Crippen molar-refractivity contribution in [1.82, 2.24) is 0 Å². The third kappa shape index (κ3) is 3.85. The van der Waals surface area contributed by atoms with Gasteiger partial charge in [0.25, 0.3) is 0 Å². The number of halogens is 1. The molecular formula is C17H25Br. The highest BCUT2D eigenvalue weighted by atomic mass is 79.9. The molecule has 1 heteroatoms. The first-order valence-electron chi connectivity index (χ1n) is 7.39. The van der Waals surface area contributed by atoms with Gasteiger partial charge in [-0.05, 0) is 42.2 Å². The van der Waals surface area contributed by atoms with Crippen LogP contribution in [0.1, 0.15) is 61.9 Å². The maximum Gasteiger partial charge on any atom is 0.0423 e. The van der Waals surface area contributed by atoms with E-state index in [0.29, 0.717) is 4.83 Å². The predicted octanol–water partition coefficient (Wildman–Crippen LogP) is 5.90. The summed E-state index contributed by atoms with van der Waals surface area (Å²) in [6, 6.07) is 9.27. The Bertz CT molecular complexity index is 346. The van der Waals surface area contributed by atoms with Crippen molar-refractivity contribution in [1.29, 1.82) is 0 Å². The lowest BCUT2D eigenvalue weighted by atomic mass is 9.84. The SMILES string of the molecule is CC(C)Cc1ccc(C(Br)C2CCCCC2)cc1. The highest BCUT2D eigenvalue weighted by Crippen LogP contribution is 2.39. The Kier molecular flexibility index (Phi) is 5.29. The second kappa shape index (κ2) is 6.75. The fraction of sp³-hybridized carbons (Fsp3) is 0.647. The van der Waals surface area contributed by atoms with Crippen molar-refractivity contribution >= 4 is 15.9 Å². The van der Waals surface area contributed by atoms with E-state index in [0.717, 1.165) is 11.8 Å². The lowest BCUT2D eigenvalue weighted by Crippen LogP contribution is -2.11. The lowest BCUT2D eigenvalue weighted by Gasteiger charge is -2.26. The van der Waals surface area contributed by atoms with Crippen LogP contribution in [0.15, 0.2) is 24.3 Å². The van der Waals surface area contributed by atoms with Crippen molar-refractivity contribution in [3.05, 3.63) is 35.4 Å². The van der Waals surface area contributed by atoms with Crippen LogP contribution >= 0.6 is 15.9 Å². The van der Waals surface area contributed by atoms with Crippen LogP contribution in [0.5, 0.6) is 0 Å². The Morgan fingerprint density at radius 2 is 1.67 bits per heavy atom. The topological polar surface area (TPSA) is 0 Å². The summed E-state index contributed by atoms with van der Waals surface area (Å²) in [7, 11) is 0. The monoisotopic (exact) mass is 308 g/mol. The standard InChI is InChI=1S/C17H25Br/c1-13(2)12-14-8-10-16(11-9-14)17(18)15-6-4-3-5-7-15/h8-11,13,15,17H,3-7,12H2,1-2H3. The summed E-state index contributed by atoms with van der Waals surface area (Å²) in [5, 5.41) is 0. The van der Waals surface area contributed by atoms with Gasteiger partial charge in [0, 0.05) is 4.83 Å². The van der Waals surface area contributed by atoms with E-state index in [-0.39, 0.29) is 0 Å². The maximum atomic E-state index is 3.92. The molecule has 2 rings (SSSR count). The molecule has 1 aromatic rings. The zero-order chi connectivity index (χ0) is 13.0. The van der Waals surface area contributed by atoms with Gasteiger partial charge in [0.05, 0.1) is 0 Å². The van der Waals surface area contributed by atoms with E-state index in [4.69, 9.17) is 0 Å². The maximum absolute atomic E-state index is 3.92. The molecule has 1 atom stereocenters. The van der Waals surface area contributed by atoms with Crippen LogP contribution in [-0.2, 0) is 6.42 Å². The van der Waals surface area contributed by atoms with E-state index in [1.54, 1.807) is 0 Å². The Morgan fingerprint density at radius 3 is 2.22 bits per heavy atom. The quantitative estimate of drug-likeness (QED) is 0.607. The summed E-state index contributed by atoms with van der Waals surface area (Å²) in [6.45, 7) is 4.56. The molecule has 1 aromatic carbocycles. The molecule has 0 saturated heterocycles. The predicted molar refractivity (Wildman–Crippen MR) is 83.2 cm³/mol. The molecule has 1 fully saturated rings. The molecule has 100 valence electrons. The summed E-state index contributed by atoms with van der Waals surface area (Å²) in [5.74, 6) is 1.59. The summed E-state index contributed by atoms with van der Waals surface area (Å²) in [4.78, 5) is 0.561. The van der Waals surface area contributed by atoms with Crippen LogP contribution in [0.4, 0.5) is 0 Å². The number of rotatable bonds is 4. The van der Waals surface area contributed by atoms with Gasteiger partial charge in [-0.25, -0.2) is 0 Å². The molecular weight excluding hydrogens is 284 g/mol. The normalized spacial score (nSPS) is 19.1. The molecule has 0 aromatic heterocycles. The summed E-state index contributed by atoms with van der Waals surface area (Å²) >= 11 is 3.92. The zero-order valence-corrected chi connectivity index (χ0v) is 13.2. The molecule has 1 saturated carbocycles. The Labute approximate surface area is 120 Å². The van der Waals surface area contributed by atoms with Crippen molar-refractivity contribution < 1.29 is 0 Å². The first-order chi connectivity index (χ1) is 8.66. The highest BCUT2D eigenvalue weighted by Gasteiger charge is 2.22. The van der Waals surface area contributed by atoms with E-state index in [1.807, 2.05) is 0 Å². The van der Waals surface area contributed by atoms with Gasteiger partial charge in [-0.1, -0.05) is 73.3 Å². The van der Waals surface area contributed by atoms with Crippen LogP contribution in [0, 0.1) is 11.8 Å².